The molecule has 3 aromatic heterocycles. The number of nitrogens with one attached hydrogen (secondary N) is 2. The minimum atomic E-state index is -0.859. The SMILES string of the molecule is Cn1nccc1-c1ccc(CNC(=O)[C@@H]2C[C@@H](O)CN2C(=O)[C@@H](NC(=O)C2CCC(N3CCC(c4cnc(N5C6CCC5CN(c5cc(-c7ccccc7O)nnc5N)C6)nc4)CC3)CC2)C(C)(C)C)cc1. The molecule has 72 heavy (non-hydrogen) atoms. The van der Waals surface area contributed by atoms with Crippen LogP contribution in [0, 0.1) is 11.3 Å². The van der Waals surface area contributed by atoms with Gasteiger partial charge in [0.25, 0.3) is 0 Å². The minimum absolute atomic E-state index is 0.0338. The van der Waals surface area contributed by atoms with Gasteiger partial charge < -0.3 is 46.2 Å². The maximum absolute atomic E-state index is 14.3. The Morgan fingerprint density at radius 1 is 0.833 bits per heavy atom. The number of hydrogen-bond donors (Lipinski definition) is 5. The summed E-state index contributed by atoms with van der Waals surface area (Å²) in [5, 5.41) is 40.1. The van der Waals surface area contributed by atoms with Gasteiger partial charge in [-0.2, -0.15) is 5.10 Å². The van der Waals surface area contributed by atoms with Gasteiger partial charge >= 0.3 is 0 Å². The van der Waals surface area contributed by atoms with Crippen molar-refractivity contribution in [3.63, 3.8) is 0 Å². The Bertz CT molecular complexity index is 2710. The lowest BCUT2D eigenvalue weighted by molar-refractivity contribution is -0.144. The number of phenols is 1. The molecule has 10 rings (SSSR count). The Morgan fingerprint density at radius 2 is 1.51 bits per heavy atom. The van der Waals surface area contributed by atoms with Gasteiger partial charge in [0.15, 0.2) is 5.82 Å². The molecule has 1 aliphatic carbocycles. The maximum Gasteiger partial charge on any atom is 0.246 e. The van der Waals surface area contributed by atoms with Gasteiger partial charge in [-0.3, -0.25) is 19.1 Å². The number of fused-ring (bicyclic) bond motifs is 2. The van der Waals surface area contributed by atoms with Crippen LogP contribution < -0.4 is 26.2 Å². The summed E-state index contributed by atoms with van der Waals surface area (Å²) in [6.45, 7) is 9.57. The molecule has 0 spiro atoms. The van der Waals surface area contributed by atoms with Crippen LogP contribution >= 0.6 is 0 Å². The second kappa shape index (κ2) is 20.5. The van der Waals surface area contributed by atoms with Crippen molar-refractivity contribution in [2.45, 2.75) is 127 Å². The Morgan fingerprint density at radius 3 is 2.17 bits per heavy atom. The fourth-order valence-electron chi connectivity index (χ4n) is 12.0. The van der Waals surface area contributed by atoms with E-state index in [0.717, 1.165) is 106 Å². The standard InChI is InChI=1S/C54H69N13O5/c1-54(2,3)48(52(72)66-32-41(68)25-46(66)51(71)56-27-33-9-11-35(12-10-33)44-19-22-59-63(44)4)60-50(70)36-13-15-38(16-14-36)64-23-20-34(21-24-64)37-28-57-53(58-29-37)67-39-17-18-40(67)31-65(30-39)45-26-43(61-62-49(45)55)42-7-5-6-8-47(42)69/h5-12,19,22,26,28-29,34,36,38-41,46,48,68-69H,13-18,20-21,23-25,27,30-32H2,1-4H3,(H2,55,62)(H,56,71)(H,60,70)/t36?,38?,39?,40?,41-,46+,48-/m1/s1. The molecule has 5 atom stereocenters. The summed E-state index contributed by atoms with van der Waals surface area (Å²) in [5.41, 5.74) is 11.9. The largest absolute Gasteiger partial charge is 0.507 e. The average molecular weight is 980 g/mol. The van der Waals surface area contributed by atoms with E-state index in [9.17, 15) is 24.6 Å². The van der Waals surface area contributed by atoms with Crippen molar-refractivity contribution < 1.29 is 24.6 Å². The lowest BCUT2D eigenvalue weighted by Crippen LogP contribution is -2.58. The zero-order chi connectivity index (χ0) is 50.3. The normalized spacial score (nSPS) is 24.3. The Hall–Kier alpha value is -6.66. The summed E-state index contributed by atoms with van der Waals surface area (Å²) >= 11 is 0. The number of nitrogens with zero attached hydrogens (tertiary/aromatic N) is 10. The van der Waals surface area contributed by atoms with Crippen molar-refractivity contribution in [3.8, 4) is 28.3 Å². The van der Waals surface area contributed by atoms with Crippen LogP contribution in [-0.4, -0.2) is 137 Å². The number of para-hydroxylation sites is 1. The summed E-state index contributed by atoms with van der Waals surface area (Å²) in [6, 6.07) is 18.1. The number of likely N-dealkylation sites (tertiary alicyclic amines) is 2. The van der Waals surface area contributed by atoms with Crippen LogP contribution in [0.1, 0.15) is 95.6 Å². The first-order chi connectivity index (χ1) is 34.7. The molecule has 18 nitrogen and oxygen atoms in total. The van der Waals surface area contributed by atoms with Gasteiger partial charge in [-0.25, -0.2) is 9.97 Å². The molecule has 5 fully saturated rings. The first-order valence-corrected chi connectivity index (χ1v) is 25.8. The summed E-state index contributed by atoms with van der Waals surface area (Å²) in [7, 11) is 1.89. The zero-order valence-corrected chi connectivity index (χ0v) is 41.9. The molecule has 3 amide bonds. The zero-order valence-electron chi connectivity index (χ0n) is 41.9. The molecular formula is C54H69N13O5. The molecule has 6 N–H and O–H groups in total. The van der Waals surface area contributed by atoms with E-state index in [1.54, 1.807) is 23.0 Å². The number of β-amino-alcohol motifs (C(OH)–C–C–N with tert-alkyl or cyclic N) is 1. The van der Waals surface area contributed by atoms with E-state index in [4.69, 9.17) is 15.7 Å². The van der Waals surface area contributed by atoms with Gasteiger partial charge in [0.1, 0.15) is 17.8 Å². The van der Waals surface area contributed by atoms with E-state index in [1.165, 1.54) is 10.5 Å². The van der Waals surface area contributed by atoms with Gasteiger partial charge in [0.2, 0.25) is 23.7 Å². The smallest absolute Gasteiger partial charge is 0.246 e. The van der Waals surface area contributed by atoms with Crippen molar-refractivity contribution >= 4 is 35.2 Å². The number of amides is 3. The number of phenolic OH excluding ortho intramolecular Hbond substituents is 1. The number of carbonyl (C=O) groups is 3. The van der Waals surface area contributed by atoms with Gasteiger partial charge in [-0.15, -0.1) is 10.2 Å². The van der Waals surface area contributed by atoms with E-state index in [1.807, 2.05) is 88.7 Å². The molecule has 380 valence electrons. The van der Waals surface area contributed by atoms with Crippen molar-refractivity contribution in [2.24, 2.45) is 18.4 Å². The molecule has 2 bridgehead atoms. The summed E-state index contributed by atoms with van der Waals surface area (Å²) in [4.78, 5) is 60.6. The van der Waals surface area contributed by atoms with Crippen LogP contribution in [0.2, 0.25) is 0 Å². The molecule has 7 heterocycles. The Kier molecular flexibility index (Phi) is 13.9. The summed E-state index contributed by atoms with van der Waals surface area (Å²) in [5.74, 6) is 0.692. The van der Waals surface area contributed by atoms with Crippen LogP contribution in [0.3, 0.4) is 0 Å². The molecule has 1 saturated carbocycles. The van der Waals surface area contributed by atoms with E-state index >= 15 is 0 Å². The number of aromatic hydroxyl groups is 1. The van der Waals surface area contributed by atoms with Gasteiger partial charge in [-0.1, -0.05) is 57.2 Å². The van der Waals surface area contributed by atoms with E-state index in [-0.39, 0.29) is 61.0 Å². The second-order valence-electron chi connectivity index (χ2n) is 21.8. The number of anilines is 3. The van der Waals surface area contributed by atoms with Gasteiger partial charge in [0.05, 0.1) is 23.2 Å². The number of piperidine rings is 1. The average Bonchev–Trinajstić information content (AvgIpc) is 4.08. The molecule has 2 aromatic carbocycles. The molecule has 18 heteroatoms. The Labute approximate surface area is 421 Å². The predicted molar refractivity (Wildman–Crippen MR) is 274 cm³/mol. The summed E-state index contributed by atoms with van der Waals surface area (Å²) < 4.78 is 1.80. The third-order valence-electron chi connectivity index (χ3n) is 16.1. The quantitative estimate of drug-likeness (QED) is 0.111. The fraction of sp³-hybridized carbons (Fsp3) is 0.519. The van der Waals surface area contributed by atoms with Crippen LogP contribution in [0.5, 0.6) is 5.75 Å². The fourth-order valence-corrected chi connectivity index (χ4v) is 12.0. The van der Waals surface area contributed by atoms with E-state index in [2.05, 4.69) is 40.6 Å². The van der Waals surface area contributed by atoms with Crippen molar-refractivity contribution in [3.05, 3.63) is 90.4 Å². The number of hydrogen-bond acceptors (Lipinski definition) is 14. The highest BCUT2D eigenvalue weighted by Gasteiger charge is 2.46. The van der Waals surface area contributed by atoms with Crippen LogP contribution in [0.15, 0.2) is 79.3 Å². The first-order valence-electron chi connectivity index (χ1n) is 25.8. The first kappa shape index (κ1) is 48.9. The molecule has 4 aliphatic heterocycles. The van der Waals surface area contributed by atoms with Gasteiger partial charge in [0, 0.05) is 87.8 Å². The predicted octanol–water partition coefficient (Wildman–Crippen LogP) is 5.03. The van der Waals surface area contributed by atoms with Crippen LogP contribution in [-0.2, 0) is 28.0 Å². The van der Waals surface area contributed by atoms with Crippen molar-refractivity contribution in [1.82, 2.24) is 50.4 Å². The lowest BCUT2D eigenvalue weighted by Gasteiger charge is -2.42. The van der Waals surface area contributed by atoms with Crippen LogP contribution in [0.4, 0.5) is 17.5 Å². The number of nitrogens with two attached hydrogens (primary N) is 1. The highest BCUT2D eigenvalue weighted by atomic mass is 16.3. The molecule has 4 saturated heterocycles. The number of aryl methyl sites for hydroxylation is 1. The third-order valence-corrected chi connectivity index (χ3v) is 16.1. The number of aliphatic hydroxyl groups is 1. The van der Waals surface area contributed by atoms with E-state index < -0.39 is 23.6 Å². The number of aliphatic hydroxyl groups excluding tert-OH is 1. The monoisotopic (exact) mass is 980 g/mol. The number of piperazine rings is 1. The number of nitrogen functional groups attached to an aromatic ring is 1. The lowest BCUT2D eigenvalue weighted by atomic mass is 9.81. The van der Waals surface area contributed by atoms with Crippen molar-refractivity contribution in [2.75, 3.05) is 48.3 Å². The number of benzene rings is 2. The maximum atomic E-state index is 14.3. The third kappa shape index (κ3) is 10.2. The molecule has 5 aliphatic rings. The second-order valence-corrected chi connectivity index (χ2v) is 21.8. The molecular weight excluding hydrogens is 911 g/mol. The number of aromatic nitrogens is 6. The highest BCUT2D eigenvalue weighted by molar-refractivity contribution is 5.93. The number of rotatable bonds is 12. The van der Waals surface area contributed by atoms with Gasteiger partial charge in [-0.05, 0) is 117 Å². The highest BCUT2D eigenvalue weighted by Crippen LogP contribution is 2.39. The topological polar surface area (TPSA) is 224 Å². The van der Waals surface area contributed by atoms with Crippen molar-refractivity contribution in [1.29, 1.82) is 0 Å². The van der Waals surface area contributed by atoms with Crippen LogP contribution in [0.25, 0.3) is 22.5 Å². The number of carbonyl (C=O) groups excluding carboxylic acids is 3. The molecule has 0 radical (unpaired) electrons. The summed E-state index contributed by atoms with van der Waals surface area (Å²) in [6.07, 6.45) is 12.6. The molecule has 2 unspecified atom stereocenters. The minimum Gasteiger partial charge on any atom is -0.507 e. The Balaban J connectivity index is 0.686. The van der Waals surface area contributed by atoms with E-state index in [0.29, 0.717) is 29.0 Å². The molecule has 5 aromatic rings.